The van der Waals surface area contributed by atoms with Crippen LogP contribution < -0.4 is 37.3 Å². The van der Waals surface area contributed by atoms with Crippen LogP contribution in [0.25, 0.3) is 34.4 Å². The molecule has 0 aliphatic carbocycles. The maximum absolute atomic E-state index is 8.49. The van der Waals surface area contributed by atoms with E-state index >= 15 is 0 Å². The van der Waals surface area contributed by atoms with Gasteiger partial charge in [-0.1, -0.05) is 24.3 Å². The van der Waals surface area contributed by atoms with Gasteiger partial charge in [0.25, 0.3) is 0 Å². The molecule has 0 aliphatic rings. The monoisotopic (exact) mass is 836 g/mol. The molecule has 0 aliphatic heterocycles. The van der Waals surface area contributed by atoms with Gasteiger partial charge in [-0.2, -0.15) is 0 Å². The Morgan fingerprint density at radius 2 is 0.622 bits per heavy atom. The quantitative estimate of drug-likeness (QED) is 0.170. The minimum Gasteiger partial charge on any atom is -0.342 e. The average Bonchev–Trinajstić information content (AvgIpc) is 3.73. The minimum absolute atomic E-state index is 0. The van der Waals surface area contributed by atoms with Gasteiger partial charge in [-0.3, -0.25) is 19.9 Å². The molecule has 0 fully saturated rings. The third kappa shape index (κ3) is 19.7. The van der Waals surface area contributed by atoms with Crippen molar-refractivity contribution >= 4 is 0 Å². The molecule has 19 heteroatoms. The van der Waals surface area contributed by atoms with Gasteiger partial charge in [0.1, 0.15) is 0 Å². The predicted molar refractivity (Wildman–Crippen MR) is 131 cm³/mol. The first kappa shape index (κ1) is 38.9. The van der Waals surface area contributed by atoms with Crippen LogP contribution in [-0.2, 0) is 19.8 Å². The number of hydrogen-bond acceptors (Lipinski definition) is 14. The van der Waals surface area contributed by atoms with E-state index in [2.05, 4.69) is 39.9 Å². The molecule has 0 saturated heterocycles. The van der Waals surface area contributed by atoms with E-state index in [0.29, 0.717) is 0 Å². The first-order valence-electron chi connectivity index (χ1n) is 11.8. The normalized spacial score (nSPS) is 10.0. The molecule has 0 saturated carbocycles. The molecule has 16 nitrogen and oxygen atoms in total. The van der Waals surface area contributed by atoms with E-state index in [1.807, 2.05) is 72.8 Å². The maximum atomic E-state index is 8.49. The minimum atomic E-state index is -4.94. The summed E-state index contributed by atoms with van der Waals surface area (Å²) in [4.78, 5) is 30.6. The molecular formula is C26H22Cl2N8O8Os. The van der Waals surface area contributed by atoms with Gasteiger partial charge in [-0.15, -0.1) is 20.5 Å². The van der Waals surface area contributed by atoms with E-state index in [9.17, 15) is 0 Å². The number of rotatable bonds is 3. The first-order chi connectivity index (χ1) is 20.9. The van der Waals surface area contributed by atoms with Crippen molar-refractivity contribution in [2.75, 3.05) is 0 Å². The van der Waals surface area contributed by atoms with Crippen molar-refractivity contribution in [1.29, 1.82) is 0 Å². The summed E-state index contributed by atoms with van der Waals surface area (Å²) >= 11 is 0. The molecule has 6 aromatic rings. The van der Waals surface area contributed by atoms with Crippen LogP contribution in [0.3, 0.4) is 0 Å². The summed E-state index contributed by atoms with van der Waals surface area (Å²) in [5.41, 5.74) is 3.66. The molecule has 236 valence electrons. The zero-order valence-electron chi connectivity index (χ0n) is 22.6. The fourth-order valence-electron chi connectivity index (χ4n) is 2.85. The number of H-pyrrole nitrogens is 2. The predicted octanol–water partition coefficient (Wildman–Crippen LogP) is -4.43. The molecular weight excluding hydrogens is 813 g/mol. The number of nitrogens with zero attached hydrogens (tertiary/aromatic N) is 6. The fraction of sp³-hybridized carbons (Fsp3) is 0. The summed E-state index contributed by atoms with van der Waals surface area (Å²) in [6.07, 6.45) is 14.0. The second-order valence-corrected chi connectivity index (χ2v) is 9.00. The standard InChI is InChI=1S/2C10H8N2.C6H6N4.2ClHO4.Os/c2*1-3-7-11-9(5-1)10-6-2-4-8-12-10;1-2-8-5(7-1)6-9-3-4-10-6;2*2-1(3,4)5;/h2*1-8H;1-4H,(H,7,8)(H,9,10);2*(H,2,3,4,5);/q;;;;;+2/p-2. The number of aromatic amines is 2. The van der Waals surface area contributed by atoms with Crippen LogP contribution in [0.1, 0.15) is 0 Å². The summed E-state index contributed by atoms with van der Waals surface area (Å²) in [5, 5.41) is 0. The first-order valence-corrected chi connectivity index (χ1v) is 14.2. The number of pyridine rings is 4. The SMILES string of the molecule is [O-][Cl+3]([O-])([O-])[O-].[O-][Cl+3]([O-])([O-])[O-].[Os+2].c1c[nH]c(-c2ncc[nH]2)n1.c1ccc(-c2ccccn2)nc1.c1ccc(-c2ccccn2)nc1. The molecule has 0 unspecified atom stereocenters. The van der Waals surface area contributed by atoms with Gasteiger partial charge in [0.2, 0.25) is 0 Å². The number of imidazole rings is 2. The number of aromatic nitrogens is 8. The van der Waals surface area contributed by atoms with Gasteiger partial charge >= 0.3 is 19.8 Å². The summed E-state index contributed by atoms with van der Waals surface area (Å²) < 4.78 is 67.9. The van der Waals surface area contributed by atoms with Crippen molar-refractivity contribution in [3.8, 4) is 34.4 Å². The largest absolute Gasteiger partial charge is 2.00 e. The van der Waals surface area contributed by atoms with Gasteiger partial charge in [-0.25, -0.2) is 47.2 Å². The van der Waals surface area contributed by atoms with E-state index in [-0.39, 0.29) is 19.8 Å². The zero-order chi connectivity index (χ0) is 32.3. The fourth-order valence-corrected chi connectivity index (χ4v) is 2.85. The van der Waals surface area contributed by atoms with E-state index in [1.165, 1.54) is 0 Å². The third-order valence-electron chi connectivity index (χ3n) is 4.41. The molecule has 0 atom stereocenters. The van der Waals surface area contributed by atoms with Crippen LogP contribution in [0.15, 0.2) is 122 Å². The smallest absolute Gasteiger partial charge is 0.342 e. The maximum Gasteiger partial charge on any atom is 2.00 e. The summed E-state index contributed by atoms with van der Waals surface area (Å²) in [6, 6.07) is 23.2. The number of nitrogens with one attached hydrogen (secondary N) is 2. The van der Waals surface area contributed by atoms with Crippen molar-refractivity contribution < 1.29 is 77.5 Å². The second kappa shape index (κ2) is 20.8. The summed E-state index contributed by atoms with van der Waals surface area (Å²) in [5.74, 6) is 1.54. The van der Waals surface area contributed by atoms with Crippen LogP contribution in [-0.4, -0.2) is 39.9 Å². The third-order valence-corrected chi connectivity index (χ3v) is 4.41. The Morgan fingerprint density at radius 1 is 0.378 bits per heavy atom. The number of hydrogen-bond donors (Lipinski definition) is 2. The molecule has 0 radical (unpaired) electrons. The molecule has 0 aromatic carbocycles. The van der Waals surface area contributed by atoms with Crippen molar-refractivity contribution in [2.45, 2.75) is 0 Å². The van der Waals surface area contributed by atoms with Crippen molar-refractivity contribution in [2.24, 2.45) is 0 Å². The topological polar surface area (TPSA) is 293 Å². The average molecular weight is 836 g/mol. The Balaban J connectivity index is 0.000000293. The Hall–Kier alpha value is -4.08. The van der Waals surface area contributed by atoms with Crippen LogP contribution in [0, 0.1) is 20.5 Å². The van der Waals surface area contributed by atoms with Gasteiger partial charge in [-0.05, 0) is 48.5 Å². The van der Waals surface area contributed by atoms with Gasteiger partial charge < -0.3 is 9.97 Å². The van der Waals surface area contributed by atoms with E-state index in [4.69, 9.17) is 37.3 Å². The molecule has 45 heavy (non-hydrogen) atoms. The van der Waals surface area contributed by atoms with Crippen molar-refractivity contribution in [3.63, 3.8) is 0 Å². The van der Waals surface area contributed by atoms with Crippen molar-refractivity contribution in [3.05, 3.63) is 122 Å². The molecule has 0 bridgehead atoms. The Kier molecular flexibility index (Phi) is 18.0. The summed E-state index contributed by atoms with van der Waals surface area (Å²) in [7, 11) is -9.89. The van der Waals surface area contributed by atoms with Crippen LogP contribution in [0.2, 0.25) is 0 Å². The molecule has 0 amide bonds. The van der Waals surface area contributed by atoms with E-state index in [1.54, 1.807) is 49.6 Å². The molecule has 6 aromatic heterocycles. The van der Waals surface area contributed by atoms with Crippen LogP contribution >= 0.6 is 0 Å². The van der Waals surface area contributed by atoms with Gasteiger partial charge in [0.05, 0.1) is 22.8 Å². The molecule has 6 heterocycles. The number of halogens is 2. The van der Waals surface area contributed by atoms with Crippen LogP contribution in [0.4, 0.5) is 0 Å². The molecule has 0 spiro atoms. The van der Waals surface area contributed by atoms with Crippen molar-refractivity contribution in [1.82, 2.24) is 39.9 Å². The summed E-state index contributed by atoms with van der Waals surface area (Å²) in [6.45, 7) is 0. The van der Waals surface area contributed by atoms with Gasteiger partial charge in [0.15, 0.2) is 11.6 Å². The second-order valence-electron chi connectivity index (χ2n) is 7.49. The van der Waals surface area contributed by atoms with Crippen LogP contribution in [0.5, 0.6) is 0 Å². The Bertz CT molecular complexity index is 1330. The van der Waals surface area contributed by atoms with E-state index < -0.39 is 20.5 Å². The van der Waals surface area contributed by atoms with Gasteiger partial charge in [0, 0.05) is 49.6 Å². The zero-order valence-corrected chi connectivity index (χ0v) is 26.7. The van der Waals surface area contributed by atoms with E-state index in [0.717, 1.165) is 34.4 Å². The Morgan fingerprint density at radius 3 is 0.778 bits per heavy atom. The Labute approximate surface area is 273 Å². The molecule has 2 N–H and O–H groups in total. The molecule has 6 rings (SSSR count).